The molecule has 1 aliphatic rings. The number of rotatable bonds is 4. The third-order valence-electron chi connectivity index (χ3n) is 3.89. The molecule has 0 bridgehead atoms. The van der Waals surface area contributed by atoms with Gasteiger partial charge in [-0.1, -0.05) is 31.0 Å². The second kappa shape index (κ2) is 5.15. The molecule has 1 atom stereocenters. The van der Waals surface area contributed by atoms with Crippen molar-refractivity contribution >= 4 is 0 Å². The van der Waals surface area contributed by atoms with Crippen LogP contribution in [0.3, 0.4) is 0 Å². The number of nitrogens with one attached hydrogen (secondary N) is 1. The van der Waals surface area contributed by atoms with E-state index < -0.39 is 0 Å². The molecule has 1 aromatic rings. The summed E-state index contributed by atoms with van der Waals surface area (Å²) >= 11 is 0. The predicted molar refractivity (Wildman–Crippen MR) is 66.4 cm³/mol. The molecule has 0 radical (unpaired) electrons. The molecule has 1 fully saturated rings. The summed E-state index contributed by atoms with van der Waals surface area (Å²) in [7, 11) is 3.60. The first kappa shape index (κ1) is 12.5. The van der Waals surface area contributed by atoms with Gasteiger partial charge in [-0.3, -0.25) is 0 Å². The molecule has 0 amide bonds. The van der Waals surface area contributed by atoms with Crippen LogP contribution in [0.1, 0.15) is 37.3 Å². The van der Waals surface area contributed by atoms with E-state index in [-0.39, 0.29) is 17.5 Å². The van der Waals surface area contributed by atoms with E-state index in [0.29, 0.717) is 5.56 Å². The van der Waals surface area contributed by atoms with Crippen LogP contribution in [0.2, 0.25) is 0 Å². The minimum absolute atomic E-state index is 0.0730. The van der Waals surface area contributed by atoms with E-state index in [1.807, 2.05) is 19.2 Å². The maximum absolute atomic E-state index is 13.9. The SMILES string of the molecule is CNC(c1ccccc1F)C1(OC)CCCC1. The monoisotopic (exact) mass is 237 g/mol. The molecule has 1 N–H and O–H groups in total. The molecular formula is C14H20FNO. The van der Waals surface area contributed by atoms with Crippen molar-refractivity contribution in [1.29, 1.82) is 0 Å². The van der Waals surface area contributed by atoms with Crippen molar-refractivity contribution < 1.29 is 9.13 Å². The van der Waals surface area contributed by atoms with Crippen LogP contribution in [-0.4, -0.2) is 19.8 Å². The van der Waals surface area contributed by atoms with Crippen molar-refractivity contribution in [1.82, 2.24) is 5.32 Å². The Balaban J connectivity index is 2.36. The van der Waals surface area contributed by atoms with Crippen molar-refractivity contribution in [3.8, 4) is 0 Å². The van der Waals surface area contributed by atoms with Gasteiger partial charge in [0.05, 0.1) is 11.6 Å². The van der Waals surface area contributed by atoms with Gasteiger partial charge < -0.3 is 10.1 Å². The standard InChI is InChI=1S/C14H20FNO/c1-16-13(11-7-3-4-8-12(11)15)14(17-2)9-5-6-10-14/h3-4,7-8,13,16H,5-6,9-10H2,1-2H3. The maximum atomic E-state index is 13.9. The molecule has 1 aliphatic carbocycles. The molecule has 1 unspecified atom stereocenters. The quantitative estimate of drug-likeness (QED) is 0.869. The maximum Gasteiger partial charge on any atom is 0.128 e. The largest absolute Gasteiger partial charge is 0.376 e. The summed E-state index contributed by atoms with van der Waals surface area (Å²) in [5, 5.41) is 3.23. The zero-order chi connectivity index (χ0) is 12.3. The summed E-state index contributed by atoms with van der Waals surface area (Å²) in [4.78, 5) is 0. The first-order chi connectivity index (χ1) is 8.23. The Hall–Kier alpha value is -0.930. The molecule has 1 aromatic carbocycles. The number of hydrogen-bond acceptors (Lipinski definition) is 2. The summed E-state index contributed by atoms with van der Waals surface area (Å²) in [6.07, 6.45) is 4.29. The van der Waals surface area contributed by atoms with Crippen molar-refractivity contribution in [2.75, 3.05) is 14.2 Å². The molecule has 3 heteroatoms. The van der Waals surface area contributed by atoms with E-state index in [4.69, 9.17) is 4.74 Å². The Labute approximate surface area is 102 Å². The molecule has 2 nitrogen and oxygen atoms in total. The molecule has 17 heavy (non-hydrogen) atoms. The van der Waals surface area contributed by atoms with Crippen LogP contribution < -0.4 is 5.32 Å². The Kier molecular flexibility index (Phi) is 3.79. The van der Waals surface area contributed by atoms with Gasteiger partial charge in [0.15, 0.2) is 0 Å². The smallest absolute Gasteiger partial charge is 0.128 e. The van der Waals surface area contributed by atoms with Crippen molar-refractivity contribution in [2.45, 2.75) is 37.3 Å². The van der Waals surface area contributed by atoms with Crippen molar-refractivity contribution in [3.05, 3.63) is 35.6 Å². The molecule has 0 aliphatic heterocycles. The molecule has 0 saturated heterocycles. The Bertz CT molecular complexity index is 374. The molecule has 0 heterocycles. The second-order valence-electron chi connectivity index (χ2n) is 4.72. The summed E-state index contributed by atoms with van der Waals surface area (Å²) in [6, 6.07) is 6.88. The van der Waals surface area contributed by atoms with Gasteiger partial charge in [-0.25, -0.2) is 4.39 Å². The lowest BCUT2D eigenvalue weighted by molar-refractivity contribution is -0.0357. The van der Waals surface area contributed by atoms with E-state index in [1.165, 1.54) is 6.07 Å². The molecule has 0 aromatic heterocycles. The number of methoxy groups -OCH3 is 1. The second-order valence-corrected chi connectivity index (χ2v) is 4.72. The Morgan fingerprint density at radius 1 is 1.29 bits per heavy atom. The first-order valence-electron chi connectivity index (χ1n) is 6.20. The van der Waals surface area contributed by atoms with E-state index in [9.17, 15) is 4.39 Å². The van der Waals surface area contributed by atoms with E-state index in [2.05, 4.69) is 5.32 Å². The van der Waals surface area contributed by atoms with E-state index in [1.54, 1.807) is 13.2 Å². The third kappa shape index (κ3) is 2.22. The average Bonchev–Trinajstić information content (AvgIpc) is 2.82. The summed E-state index contributed by atoms with van der Waals surface area (Å²) in [6.45, 7) is 0. The van der Waals surface area contributed by atoms with Crippen LogP contribution in [0.25, 0.3) is 0 Å². The number of halogens is 1. The molecule has 1 saturated carbocycles. The lowest BCUT2D eigenvalue weighted by Gasteiger charge is -2.36. The Morgan fingerprint density at radius 2 is 1.94 bits per heavy atom. The highest BCUT2D eigenvalue weighted by atomic mass is 19.1. The topological polar surface area (TPSA) is 21.3 Å². The highest BCUT2D eigenvalue weighted by molar-refractivity contribution is 5.25. The molecule has 2 rings (SSSR count). The zero-order valence-corrected chi connectivity index (χ0v) is 10.5. The summed E-state index contributed by atoms with van der Waals surface area (Å²) in [5.41, 5.74) is 0.454. The van der Waals surface area contributed by atoms with Crippen LogP contribution in [-0.2, 0) is 4.74 Å². The predicted octanol–water partition coefficient (Wildman–Crippen LogP) is 3.05. The van der Waals surface area contributed by atoms with Crippen LogP contribution >= 0.6 is 0 Å². The van der Waals surface area contributed by atoms with Crippen LogP contribution in [0.5, 0.6) is 0 Å². The van der Waals surface area contributed by atoms with Crippen LogP contribution in [0.4, 0.5) is 4.39 Å². The van der Waals surface area contributed by atoms with Gasteiger partial charge in [0.1, 0.15) is 5.82 Å². The molecular weight excluding hydrogens is 217 g/mol. The molecule has 94 valence electrons. The number of likely N-dealkylation sites (N-methyl/N-ethyl adjacent to an activating group) is 1. The first-order valence-corrected chi connectivity index (χ1v) is 6.20. The number of ether oxygens (including phenoxy) is 1. The summed E-state index contributed by atoms with van der Waals surface area (Å²) < 4.78 is 19.6. The van der Waals surface area contributed by atoms with Crippen molar-refractivity contribution in [3.63, 3.8) is 0 Å². The highest BCUT2D eigenvalue weighted by Crippen LogP contribution is 2.42. The highest BCUT2D eigenvalue weighted by Gasteiger charge is 2.42. The number of benzene rings is 1. The lowest BCUT2D eigenvalue weighted by Crippen LogP contribution is -2.42. The lowest BCUT2D eigenvalue weighted by atomic mass is 9.86. The fourth-order valence-electron chi connectivity index (χ4n) is 3.00. The van der Waals surface area contributed by atoms with E-state index >= 15 is 0 Å². The minimum atomic E-state index is -0.253. The van der Waals surface area contributed by atoms with Crippen LogP contribution in [0.15, 0.2) is 24.3 Å². The van der Waals surface area contributed by atoms with Gasteiger partial charge >= 0.3 is 0 Å². The van der Waals surface area contributed by atoms with Gasteiger partial charge in [-0.2, -0.15) is 0 Å². The van der Waals surface area contributed by atoms with Crippen molar-refractivity contribution in [2.24, 2.45) is 0 Å². The van der Waals surface area contributed by atoms with Gasteiger partial charge in [0.2, 0.25) is 0 Å². The van der Waals surface area contributed by atoms with Gasteiger partial charge in [0.25, 0.3) is 0 Å². The van der Waals surface area contributed by atoms with Gasteiger partial charge in [-0.15, -0.1) is 0 Å². The van der Waals surface area contributed by atoms with E-state index in [0.717, 1.165) is 25.7 Å². The normalized spacial score (nSPS) is 20.4. The zero-order valence-electron chi connectivity index (χ0n) is 10.5. The summed E-state index contributed by atoms with van der Waals surface area (Å²) in [5.74, 6) is -0.157. The fourth-order valence-corrected chi connectivity index (χ4v) is 3.00. The van der Waals surface area contributed by atoms with Crippen LogP contribution in [0, 0.1) is 5.82 Å². The molecule has 0 spiro atoms. The minimum Gasteiger partial charge on any atom is -0.376 e. The number of hydrogen-bond donors (Lipinski definition) is 1. The third-order valence-corrected chi connectivity index (χ3v) is 3.89. The van der Waals surface area contributed by atoms with Gasteiger partial charge in [0, 0.05) is 12.7 Å². The average molecular weight is 237 g/mol. The van der Waals surface area contributed by atoms with Gasteiger partial charge in [-0.05, 0) is 26.0 Å². The fraction of sp³-hybridized carbons (Fsp3) is 0.571. The Morgan fingerprint density at radius 3 is 2.47 bits per heavy atom.